The topological polar surface area (TPSA) is 19.4 Å². The fourth-order valence-electron chi connectivity index (χ4n) is 3.19. The first-order valence-electron chi connectivity index (χ1n) is 6.31. The van der Waals surface area contributed by atoms with Crippen molar-refractivity contribution >= 4 is 5.82 Å². The molecule has 0 N–H and O–H groups in total. The SMILES string of the molecule is CN1CCC2C(CCN2c2ccc(F)cn2)C1. The van der Waals surface area contributed by atoms with Gasteiger partial charge in [-0.05, 0) is 44.5 Å². The lowest BCUT2D eigenvalue weighted by atomic mass is 9.93. The van der Waals surface area contributed by atoms with Gasteiger partial charge in [0.05, 0.1) is 6.20 Å². The molecule has 2 aliphatic rings. The van der Waals surface area contributed by atoms with Crippen LogP contribution in [0.2, 0.25) is 0 Å². The number of pyridine rings is 1. The zero-order chi connectivity index (χ0) is 11.8. The molecular weight excluding hydrogens is 217 g/mol. The molecule has 2 aliphatic heterocycles. The molecule has 0 aliphatic carbocycles. The summed E-state index contributed by atoms with van der Waals surface area (Å²) in [6, 6.07) is 3.91. The van der Waals surface area contributed by atoms with E-state index in [0.29, 0.717) is 6.04 Å². The highest BCUT2D eigenvalue weighted by atomic mass is 19.1. The van der Waals surface area contributed by atoms with E-state index in [0.717, 1.165) is 24.8 Å². The van der Waals surface area contributed by atoms with Crippen molar-refractivity contribution in [3.8, 4) is 0 Å². The van der Waals surface area contributed by atoms with Crippen LogP contribution in [0, 0.1) is 11.7 Å². The Bertz CT molecular complexity index is 392. The minimum Gasteiger partial charge on any atom is -0.353 e. The van der Waals surface area contributed by atoms with Gasteiger partial charge < -0.3 is 9.80 Å². The lowest BCUT2D eigenvalue weighted by Gasteiger charge is -2.36. The molecule has 2 atom stereocenters. The predicted molar refractivity (Wildman–Crippen MR) is 65.6 cm³/mol. The van der Waals surface area contributed by atoms with Crippen LogP contribution in [0.3, 0.4) is 0 Å². The van der Waals surface area contributed by atoms with Gasteiger partial charge in [-0.1, -0.05) is 0 Å². The van der Waals surface area contributed by atoms with Crippen molar-refractivity contribution in [2.45, 2.75) is 18.9 Å². The monoisotopic (exact) mass is 235 g/mol. The van der Waals surface area contributed by atoms with Gasteiger partial charge >= 0.3 is 0 Å². The Morgan fingerprint density at radius 2 is 2.18 bits per heavy atom. The summed E-state index contributed by atoms with van der Waals surface area (Å²) in [4.78, 5) is 8.97. The van der Waals surface area contributed by atoms with Crippen molar-refractivity contribution in [2.24, 2.45) is 5.92 Å². The molecule has 3 rings (SSSR count). The van der Waals surface area contributed by atoms with Crippen LogP contribution in [0.15, 0.2) is 18.3 Å². The largest absolute Gasteiger partial charge is 0.353 e. The smallest absolute Gasteiger partial charge is 0.141 e. The van der Waals surface area contributed by atoms with E-state index in [9.17, 15) is 4.39 Å². The van der Waals surface area contributed by atoms with E-state index >= 15 is 0 Å². The molecule has 92 valence electrons. The van der Waals surface area contributed by atoms with Gasteiger partial charge in [0.15, 0.2) is 0 Å². The van der Waals surface area contributed by atoms with Crippen LogP contribution in [-0.4, -0.2) is 42.6 Å². The number of anilines is 1. The van der Waals surface area contributed by atoms with Crippen molar-refractivity contribution < 1.29 is 4.39 Å². The van der Waals surface area contributed by atoms with E-state index in [1.165, 1.54) is 31.6 Å². The van der Waals surface area contributed by atoms with Gasteiger partial charge in [-0.2, -0.15) is 0 Å². The molecular formula is C13H18FN3. The molecule has 0 aromatic carbocycles. The van der Waals surface area contributed by atoms with Crippen LogP contribution in [0.25, 0.3) is 0 Å². The van der Waals surface area contributed by atoms with Gasteiger partial charge in [0.2, 0.25) is 0 Å². The van der Waals surface area contributed by atoms with Crippen LogP contribution in [0.5, 0.6) is 0 Å². The number of aromatic nitrogens is 1. The van der Waals surface area contributed by atoms with E-state index in [2.05, 4.69) is 21.8 Å². The molecule has 1 aromatic heterocycles. The maximum absolute atomic E-state index is 12.9. The second kappa shape index (κ2) is 4.26. The Morgan fingerprint density at radius 3 is 2.94 bits per heavy atom. The summed E-state index contributed by atoms with van der Waals surface area (Å²) in [5.74, 6) is 1.43. The first kappa shape index (κ1) is 11.0. The zero-order valence-electron chi connectivity index (χ0n) is 10.1. The molecule has 2 fully saturated rings. The molecule has 2 saturated heterocycles. The van der Waals surface area contributed by atoms with Crippen molar-refractivity contribution in [2.75, 3.05) is 31.6 Å². The zero-order valence-corrected chi connectivity index (χ0v) is 10.1. The summed E-state index contributed by atoms with van der Waals surface area (Å²) in [5, 5.41) is 0. The van der Waals surface area contributed by atoms with Crippen LogP contribution in [-0.2, 0) is 0 Å². The standard InChI is InChI=1S/C13H18FN3/c1-16-6-5-12-10(9-16)4-7-17(12)13-3-2-11(14)8-15-13/h2-3,8,10,12H,4-7,9H2,1H3. The van der Waals surface area contributed by atoms with Crippen LogP contribution >= 0.6 is 0 Å². The molecule has 0 saturated carbocycles. The maximum Gasteiger partial charge on any atom is 0.141 e. The molecule has 0 bridgehead atoms. The van der Waals surface area contributed by atoms with Gasteiger partial charge in [-0.15, -0.1) is 0 Å². The lowest BCUT2D eigenvalue weighted by molar-refractivity contribution is 0.202. The molecule has 3 heterocycles. The second-order valence-corrected chi connectivity index (χ2v) is 5.20. The molecule has 17 heavy (non-hydrogen) atoms. The second-order valence-electron chi connectivity index (χ2n) is 5.20. The summed E-state index contributed by atoms with van der Waals surface area (Å²) < 4.78 is 12.9. The van der Waals surface area contributed by atoms with E-state index in [1.54, 1.807) is 6.07 Å². The average Bonchev–Trinajstić information content (AvgIpc) is 2.73. The van der Waals surface area contributed by atoms with Crippen molar-refractivity contribution in [1.82, 2.24) is 9.88 Å². The average molecular weight is 235 g/mol. The van der Waals surface area contributed by atoms with E-state index in [-0.39, 0.29) is 5.82 Å². The summed E-state index contributed by atoms with van der Waals surface area (Å²) in [6.07, 6.45) is 3.74. The number of piperidine rings is 1. The quantitative estimate of drug-likeness (QED) is 0.739. The molecule has 1 aromatic rings. The summed E-state index contributed by atoms with van der Waals surface area (Å²) >= 11 is 0. The molecule has 2 unspecified atom stereocenters. The van der Waals surface area contributed by atoms with Crippen molar-refractivity contribution in [1.29, 1.82) is 0 Å². The fourth-order valence-corrected chi connectivity index (χ4v) is 3.19. The summed E-state index contributed by atoms with van der Waals surface area (Å²) in [6.45, 7) is 3.39. The Hall–Kier alpha value is -1.16. The van der Waals surface area contributed by atoms with Gasteiger partial charge in [0.25, 0.3) is 0 Å². The minimum absolute atomic E-state index is 0.257. The highest BCUT2D eigenvalue weighted by Crippen LogP contribution is 2.33. The van der Waals surface area contributed by atoms with Gasteiger partial charge in [0.1, 0.15) is 11.6 Å². The van der Waals surface area contributed by atoms with Crippen LogP contribution in [0.1, 0.15) is 12.8 Å². The number of likely N-dealkylation sites (tertiary alicyclic amines) is 1. The lowest BCUT2D eigenvalue weighted by Crippen LogP contribution is -2.44. The number of halogens is 1. The molecule has 3 nitrogen and oxygen atoms in total. The third kappa shape index (κ3) is 2.02. The predicted octanol–water partition coefficient (Wildman–Crippen LogP) is 1.75. The Balaban J connectivity index is 1.79. The highest BCUT2D eigenvalue weighted by molar-refractivity contribution is 5.41. The third-order valence-electron chi connectivity index (χ3n) is 4.04. The van der Waals surface area contributed by atoms with E-state index in [1.807, 2.05) is 0 Å². The normalized spacial score (nSPS) is 29.4. The summed E-state index contributed by atoms with van der Waals surface area (Å²) in [7, 11) is 2.19. The number of hydrogen-bond donors (Lipinski definition) is 0. The Labute approximate surface area is 101 Å². The van der Waals surface area contributed by atoms with Crippen molar-refractivity contribution in [3.05, 3.63) is 24.1 Å². The minimum atomic E-state index is -0.257. The number of hydrogen-bond acceptors (Lipinski definition) is 3. The Morgan fingerprint density at radius 1 is 1.29 bits per heavy atom. The van der Waals surface area contributed by atoms with Crippen molar-refractivity contribution in [3.63, 3.8) is 0 Å². The van der Waals surface area contributed by atoms with Gasteiger partial charge in [-0.25, -0.2) is 9.37 Å². The first-order valence-corrected chi connectivity index (χ1v) is 6.31. The fraction of sp³-hybridized carbons (Fsp3) is 0.615. The van der Waals surface area contributed by atoms with E-state index in [4.69, 9.17) is 0 Å². The molecule has 0 radical (unpaired) electrons. The van der Waals surface area contributed by atoms with Gasteiger partial charge in [-0.3, -0.25) is 0 Å². The van der Waals surface area contributed by atoms with Gasteiger partial charge in [0, 0.05) is 19.1 Å². The van der Waals surface area contributed by atoms with Crippen LogP contribution < -0.4 is 4.90 Å². The molecule has 0 amide bonds. The molecule has 0 spiro atoms. The maximum atomic E-state index is 12.9. The Kier molecular flexibility index (Phi) is 2.74. The third-order valence-corrected chi connectivity index (χ3v) is 4.04. The molecule has 4 heteroatoms. The van der Waals surface area contributed by atoms with E-state index < -0.39 is 0 Å². The summed E-state index contributed by atoms with van der Waals surface area (Å²) in [5.41, 5.74) is 0. The highest BCUT2D eigenvalue weighted by Gasteiger charge is 2.37. The number of nitrogens with zero attached hydrogens (tertiary/aromatic N) is 3. The first-order chi connectivity index (χ1) is 8.24. The van der Waals surface area contributed by atoms with Crippen LogP contribution in [0.4, 0.5) is 10.2 Å². The number of rotatable bonds is 1. The number of fused-ring (bicyclic) bond motifs is 1.